The Morgan fingerprint density at radius 1 is 1.50 bits per heavy atom. The molecule has 0 radical (unpaired) electrons. The van der Waals surface area contributed by atoms with Crippen molar-refractivity contribution >= 4 is 0 Å². The minimum atomic E-state index is 0.315. The normalized spacial score (nSPS) is 26.5. The van der Waals surface area contributed by atoms with Gasteiger partial charge in [-0.15, -0.1) is 0 Å². The van der Waals surface area contributed by atoms with Crippen LogP contribution in [0.15, 0.2) is 0 Å². The van der Waals surface area contributed by atoms with Gasteiger partial charge >= 0.3 is 0 Å². The molecule has 1 aliphatic heterocycles. The fourth-order valence-electron chi connectivity index (χ4n) is 1.71. The minimum absolute atomic E-state index is 0.315. The van der Waals surface area contributed by atoms with Crippen LogP contribution in [0.1, 0.15) is 33.6 Å². The summed E-state index contributed by atoms with van der Waals surface area (Å²) in [4.78, 5) is 2.39. The predicted molar refractivity (Wildman–Crippen MR) is 53.4 cm³/mol. The maximum absolute atomic E-state index is 3.69. The zero-order valence-corrected chi connectivity index (χ0v) is 8.85. The van der Waals surface area contributed by atoms with Crippen molar-refractivity contribution in [2.24, 2.45) is 0 Å². The average Bonchev–Trinajstić information content (AvgIpc) is 2.35. The quantitative estimate of drug-likeness (QED) is 0.690. The van der Waals surface area contributed by atoms with Gasteiger partial charge in [0, 0.05) is 18.1 Å². The Morgan fingerprint density at radius 3 is 2.58 bits per heavy atom. The number of likely N-dealkylation sites (tertiary alicyclic amines) is 1. The Bertz CT molecular complexity index is 143. The second kappa shape index (κ2) is 3.75. The van der Waals surface area contributed by atoms with Gasteiger partial charge in [-0.05, 0) is 40.3 Å². The first kappa shape index (κ1) is 10.0. The van der Waals surface area contributed by atoms with E-state index in [1.165, 1.54) is 25.9 Å². The molecule has 0 unspecified atom stereocenters. The molecule has 0 saturated carbocycles. The molecule has 0 aliphatic carbocycles. The third-order valence-corrected chi connectivity index (χ3v) is 2.87. The van der Waals surface area contributed by atoms with Crippen LogP contribution in [0.5, 0.6) is 0 Å². The van der Waals surface area contributed by atoms with Crippen LogP contribution in [0.2, 0.25) is 0 Å². The van der Waals surface area contributed by atoms with Crippen LogP contribution in [-0.4, -0.2) is 36.6 Å². The number of hydrogen-bond donors (Lipinski definition) is 1. The Morgan fingerprint density at radius 2 is 2.17 bits per heavy atom. The second-order valence-corrected chi connectivity index (χ2v) is 4.63. The van der Waals surface area contributed by atoms with Gasteiger partial charge < -0.3 is 10.2 Å². The SMILES string of the molecule is CCC(C)(C)N[C@@H]1CCN(C)C1. The molecule has 1 saturated heterocycles. The highest BCUT2D eigenvalue weighted by Crippen LogP contribution is 2.13. The monoisotopic (exact) mass is 170 g/mol. The molecule has 1 aliphatic rings. The fourth-order valence-corrected chi connectivity index (χ4v) is 1.71. The molecule has 72 valence electrons. The summed E-state index contributed by atoms with van der Waals surface area (Å²) < 4.78 is 0. The molecule has 1 rings (SSSR count). The molecule has 0 aromatic heterocycles. The summed E-state index contributed by atoms with van der Waals surface area (Å²) in [6.07, 6.45) is 2.51. The number of nitrogens with zero attached hydrogens (tertiary/aromatic N) is 1. The highest BCUT2D eigenvalue weighted by atomic mass is 15.2. The summed E-state index contributed by atoms with van der Waals surface area (Å²) in [5, 5.41) is 3.69. The van der Waals surface area contributed by atoms with Crippen LogP contribution in [0, 0.1) is 0 Å². The Balaban J connectivity index is 2.32. The predicted octanol–water partition coefficient (Wildman–Crippen LogP) is 1.47. The average molecular weight is 170 g/mol. The van der Waals surface area contributed by atoms with Gasteiger partial charge in [0.25, 0.3) is 0 Å². The Hall–Kier alpha value is -0.0800. The van der Waals surface area contributed by atoms with Gasteiger partial charge in [0.05, 0.1) is 0 Å². The molecule has 2 nitrogen and oxygen atoms in total. The summed E-state index contributed by atoms with van der Waals surface area (Å²) in [7, 11) is 2.20. The molecule has 0 spiro atoms. The van der Waals surface area contributed by atoms with E-state index >= 15 is 0 Å². The van der Waals surface area contributed by atoms with E-state index in [0.29, 0.717) is 11.6 Å². The molecule has 12 heavy (non-hydrogen) atoms. The van der Waals surface area contributed by atoms with Crippen LogP contribution in [0.3, 0.4) is 0 Å². The molecule has 1 N–H and O–H groups in total. The lowest BCUT2D eigenvalue weighted by Crippen LogP contribution is -2.46. The van der Waals surface area contributed by atoms with Gasteiger partial charge in [0.2, 0.25) is 0 Å². The lowest BCUT2D eigenvalue weighted by Gasteiger charge is -2.28. The largest absolute Gasteiger partial charge is 0.308 e. The van der Waals surface area contributed by atoms with Crippen molar-refractivity contribution in [3.63, 3.8) is 0 Å². The second-order valence-electron chi connectivity index (χ2n) is 4.63. The zero-order chi connectivity index (χ0) is 9.19. The first-order valence-electron chi connectivity index (χ1n) is 5.00. The van der Waals surface area contributed by atoms with Gasteiger partial charge in [-0.2, -0.15) is 0 Å². The number of nitrogens with one attached hydrogen (secondary N) is 1. The number of likely N-dealkylation sites (N-methyl/N-ethyl adjacent to an activating group) is 1. The highest BCUT2D eigenvalue weighted by Gasteiger charge is 2.24. The molecular formula is C10H22N2. The molecule has 2 heteroatoms. The third-order valence-electron chi connectivity index (χ3n) is 2.87. The topological polar surface area (TPSA) is 15.3 Å². The molecule has 1 heterocycles. The van der Waals surface area contributed by atoms with Crippen molar-refractivity contribution in [2.75, 3.05) is 20.1 Å². The van der Waals surface area contributed by atoms with Crippen molar-refractivity contribution in [1.29, 1.82) is 0 Å². The van der Waals surface area contributed by atoms with E-state index in [2.05, 4.69) is 38.0 Å². The van der Waals surface area contributed by atoms with Crippen molar-refractivity contribution < 1.29 is 0 Å². The highest BCUT2D eigenvalue weighted by molar-refractivity contribution is 4.86. The first-order chi connectivity index (χ1) is 5.53. The molecule has 0 amide bonds. The summed E-state index contributed by atoms with van der Waals surface area (Å²) in [5.74, 6) is 0. The van der Waals surface area contributed by atoms with E-state index in [0.717, 1.165) is 0 Å². The fraction of sp³-hybridized carbons (Fsp3) is 1.00. The Kier molecular flexibility index (Phi) is 3.13. The van der Waals surface area contributed by atoms with Crippen LogP contribution in [0.4, 0.5) is 0 Å². The molecule has 1 atom stereocenters. The number of rotatable bonds is 3. The lowest BCUT2D eigenvalue weighted by molar-refractivity contribution is 0.315. The Labute approximate surface area is 76.3 Å². The van der Waals surface area contributed by atoms with Crippen LogP contribution in [-0.2, 0) is 0 Å². The van der Waals surface area contributed by atoms with Gasteiger partial charge in [-0.25, -0.2) is 0 Å². The minimum Gasteiger partial charge on any atom is -0.308 e. The van der Waals surface area contributed by atoms with Gasteiger partial charge in [-0.1, -0.05) is 6.92 Å². The van der Waals surface area contributed by atoms with E-state index in [1.54, 1.807) is 0 Å². The van der Waals surface area contributed by atoms with Crippen molar-refractivity contribution in [2.45, 2.75) is 45.2 Å². The van der Waals surface area contributed by atoms with Gasteiger partial charge in [0.1, 0.15) is 0 Å². The standard InChI is InChI=1S/C10H22N2/c1-5-10(2,3)11-9-6-7-12(4)8-9/h9,11H,5-8H2,1-4H3/t9-/m1/s1. The molecule has 0 aromatic rings. The van der Waals surface area contributed by atoms with Crippen molar-refractivity contribution in [1.82, 2.24) is 10.2 Å². The lowest BCUT2D eigenvalue weighted by atomic mass is 10.0. The van der Waals surface area contributed by atoms with E-state index in [9.17, 15) is 0 Å². The van der Waals surface area contributed by atoms with Gasteiger partial charge in [-0.3, -0.25) is 0 Å². The van der Waals surface area contributed by atoms with Crippen LogP contribution >= 0.6 is 0 Å². The van der Waals surface area contributed by atoms with Crippen LogP contribution in [0.25, 0.3) is 0 Å². The summed E-state index contributed by atoms with van der Waals surface area (Å²) >= 11 is 0. The van der Waals surface area contributed by atoms with Crippen molar-refractivity contribution in [3.05, 3.63) is 0 Å². The van der Waals surface area contributed by atoms with E-state index < -0.39 is 0 Å². The maximum atomic E-state index is 3.69. The molecule has 1 fully saturated rings. The summed E-state index contributed by atoms with van der Waals surface area (Å²) in [6.45, 7) is 9.27. The molecule has 0 bridgehead atoms. The molecular weight excluding hydrogens is 148 g/mol. The van der Waals surface area contributed by atoms with Gasteiger partial charge in [0.15, 0.2) is 0 Å². The smallest absolute Gasteiger partial charge is 0.0212 e. The number of hydrogen-bond acceptors (Lipinski definition) is 2. The zero-order valence-electron chi connectivity index (χ0n) is 8.85. The van der Waals surface area contributed by atoms with Crippen molar-refractivity contribution in [3.8, 4) is 0 Å². The first-order valence-corrected chi connectivity index (χ1v) is 5.00. The molecule has 0 aromatic carbocycles. The summed E-state index contributed by atoms with van der Waals surface area (Å²) in [5.41, 5.74) is 0.315. The van der Waals surface area contributed by atoms with E-state index in [4.69, 9.17) is 0 Å². The van der Waals surface area contributed by atoms with Crippen LogP contribution < -0.4 is 5.32 Å². The van der Waals surface area contributed by atoms with E-state index in [-0.39, 0.29) is 0 Å². The van der Waals surface area contributed by atoms with E-state index in [1.807, 2.05) is 0 Å². The third kappa shape index (κ3) is 2.76. The maximum Gasteiger partial charge on any atom is 0.0212 e. The summed E-state index contributed by atoms with van der Waals surface area (Å²) in [6, 6.07) is 0.713.